The molecule has 14 heteroatoms. The predicted molar refractivity (Wildman–Crippen MR) is 159 cm³/mol. The Kier molecular flexibility index (Phi) is 7.91. The number of nitrogens with zero attached hydrogens (tertiary/aromatic N) is 8. The third-order valence-electron chi connectivity index (χ3n) is 8.06. The van der Waals surface area contributed by atoms with Gasteiger partial charge in [0.2, 0.25) is 0 Å². The quantitative estimate of drug-likeness (QED) is 0.277. The van der Waals surface area contributed by atoms with Gasteiger partial charge >= 0.3 is 5.69 Å². The lowest BCUT2D eigenvalue weighted by atomic mass is 9.86. The van der Waals surface area contributed by atoms with E-state index in [1.165, 1.54) is 41.2 Å². The van der Waals surface area contributed by atoms with Gasteiger partial charge in [-0.15, -0.1) is 0 Å². The zero-order valence-electron chi connectivity index (χ0n) is 23.6. The molecule has 0 spiro atoms. The van der Waals surface area contributed by atoms with Crippen LogP contribution < -0.4 is 15.5 Å². The number of hydrogen-bond acceptors (Lipinski definition) is 7. The average molecular weight is 625 g/mol. The lowest BCUT2D eigenvalue weighted by Gasteiger charge is -2.37. The van der Waals surface area contributed by atoms with Crippen LogP contribution in [0.15, 0.2) is 84.4 Å². The fraction of sp³-hybridized carbons (Fsp3) is 0.267. The minimum absolute atomic E-state index is 0.0935. The van der Waals surface area contributed by atoms with Crippen LogP contribution in [0, 0.1) is 17.5 Å². The Morgan fingerprint density at radius 2 is 1.52 bits per heavy atom. The SMILES string of the molecule is C[C@@H](n1ncn(-c2ccc(N3CCN(c4ccc(F)c(Cl)c4)CC3)cc2)c1=O)[C@](O)(Cn1cncn1)c1ccc(F)cc1F. The van der Waals surface area contributed by atoms with Crippen molar-refractivity contribution >= 4 is 23.0 Å². The second-order valence-corrected chi connectivity index (χ2v) is 11.0. The van der Waals surface area contributed by atoms with Crippen molar-refractivity contribution in [2.75, 3.05) is 36.0 Å². The maximum atomic E-state index is 15.0. The van der Waals surface area contributed by atoms with Crippen LogP contribution >= 0.6 is 11.6 Å². The predicted octanol–water partition coefficient (Wildman–Crippen LogP) is 4.17. The van der Waals surface area contributed by atoms with E-state index in [2.05, 4.69) is 25.0 Å². The molecule has 6 rings (SSSR count). The van der Waals surface area contributed by atoms with E-state index in [0.717, 1.165) is 54.4 Å². The summed E-state index contributed by atoms with van der Waals surface area (Å²) in [6.45, 7) is 4.16. The van der Waals surface area contributed by atoms with Gasteiger partial charge in [0.15, 0.2) is 0 Å². The number of aliphatic hydroxyl groups is 1. The second-order valence-electron chi connectivity index (χ2n) is 10.6. The second kappa shape index (κ2) is 11.8. The van der Waals surface area contributed by atoms with E-state index in [-0.39, 0.29) is 17.1 Å². The standard InChI is InChI=1S/C30H28ClF3N8O2/c1-20(30(44,16-40-18-35-17-36-40)25-8-2-21(32)14-28(25)34)42-29(43)41(19-37-42)23-5-3-22(4-6-23)38-10-12-39(13-11-38)24-7-9-27(33)26(31)15-24/h2-9,14-15,17-20,44H,10-13,16H2,1H3/t20-,30-/m1/s1. The first-order chi connectivity index (χ1) is 21.1. The van der Waals surface area contributed by atoms with Crippen molar-refractivity contribution in [3.63, 3.8) is 0 Å². The van der Waals surface area contributed by atoms with Crippen molar-refractivity contribution in [2.45, 2.75) is 25.1 Å². The molecule has 228 valence electrons. The van der Waals surface area contributed by atoms with E-state index < -0.39 is 34.8 Å². The van der Waals surface area contributed by atoms with Crippen molar-refractivity contribution < 1.29 is 18.3 Å². The number of benzene rings is 3. The monoisotopic (exact) mass is 624 g/mol. The van der Waals surface area contributed by atoms with Gasteiger partial charge in [-0.2, -0.15) is 10.2 Å². The molecule has 2 atom stereocenters. The number of hydrogen-bond donors (Lipinski definition) is 1. The van der Waals surface area contributed by atoms with E-state index >= 15 is 0 Å². The first-order valence-corrected chi connectivity index (χ1v) is 14.2. The van der Waals surface area contributed by atoms with Crippen molar-refractivity contribution in [2.24, 2.45) is 0 Å². The Labute approximate surface area is 255 Å². The summed E-state index contributed by atoms with van der Waals surface area (Å²) >= 11 is 5.96. The molecule has 5 aromatic rings. The average Bonchev–Trinajstić information content (AvgIpc) is 3.67. The molecule has 2 aromatic heterocycles. The van der Waals surface area contributed by atoms with Gasteiger partial charge in [-0.3, -0.25) is 0 Å². The largest absolute Gasteiger partial charge is 0.381 e. The number of anilines is 2. The summed E-state index contributed by atoms with van der Waals surface area (Å²) in [5.74, 6) is -2.21. The smallest absolute Gasteiger partial charge is 0.350 e. The summed E-state index contributed by atoms with van der Waals surface area (Å²) in [5, 5.41) is 20.2. The number of halogens is 4. The van der Waals surface area contributed by atoms with Crippen molar-refractivity contribution in [3.05, 3.63) is 118 Å². The summed E-state index contributed by atoms with van der Waals surface area (Å²) in [6, 6.07) is 13.9. The fourth-order valence-electron chi connectivity index (χ4n) is 5.53. The Morgan fingerprint density at radius 3 is 2.16 bits per heavy atom. The van der Waals surface area contributed by atoms with Gasteiger partial charge in [0.1, 0.15) is 42.0 Å². The molecule has 0 saturated carbocycles. The highest BCUT2D eigenvalue weighted by atomic mass is 35.5. The fourth-order valence-corrected chi connectivity index (χ4v) is 5.71. The molecule has 0 bridgehead atoms. The molecule has 10 nitrogen and oxygen atoms in total. The molecule has 0 amide bonds. The summed E-state index contributed by atoms with van der Waals surface area (Å²) in [4.78, 5) is 21.8. The Bertz CT molecular complexity index is 1820. The van der Waals surface area contributed by atoms with Gasteiger partial charge in [0, 0.05) is 49.2 Å². The molecule has 0 aliphatic carbocycles. The van der Waals surface area contributed by atoms with Gasteiger partial charge in [0.25, 0.3) is 0 Å². The third-order valence-corrected chi connectivity index (χ3v) is 8.35. The van der Waals surface area contributed by atoms with E-state index in [1.54, 1.807) is 24.3 Å². The van der Waals surface area contributed by atoms with E-state index in [4.69, 9.17) is 11.6 Å². The van der Waals surface area contributed by atoms with Crippen molar-refractivity contribution in [3.8, 4) is 5.69 Å². The zero-order valence-corrected chi connectivity index (χ0v) is 24.3. The first kappa shape index (κ1) is 29.5. The summed E-state index contributed by atoms with van der Waals surface area (Å²) in [6.07, 6.45) is 3.94. The van der Waals surface area contributed by atoms with E-state index in [9.17, 15) is 23.1 Å². The topological polar surface area (TPSA) is 97.2 Å². The number of aromatic nitrogens is 6. The lowest BCUT2D eigenvalue weighted by Crippen LogP contribution is -2.46. The molecule has 1 saturated heterocycles. The van der Waals surface area contributed by atoms with Gasteiger partial charge in [-0.05, 0) is 55.5 Å². The van der Waals surface area contributed by atoms with Crippen LogP contribution in [0.5, 0.6) is 0 Å². The van der Waals surface area contributed by atoms with Crippen LogP contribution in [0.1, 0.15) is 18.5 Å². The molecule has 1 aliphatic rings. The van der Waals surface area contributed by atoms with E-state index in [1.807, 2.05) is 12.1 Å². The van der Waals surface area contributed by atoms with Gasteiger partial charge in [-0.25, -0.2) is 36.9 Å². The zero-order chi connectivity index (χ0) is 31.0. The maximum absolute atomic E-state index is 15.0. The van der Waals surface area contributed by atoms with Crippen LogP contribution in [-0.4, -0.2) is 60.4 Å². The number of rotatable bonds is 8. The molecular weight excluding hydrogens is 597 g/mol. The Balaban J connectivity index is 1.21. The third kappa shape index (κ3) is 5.55. The summed E-state index contributed by atoms with van der Waals surface area (Å²) < 4.78 is 45.9. The van der Waals surface area contributed by atoms with Crippen molar-refractivity contribution in [1.82, 2.24) is 29.1 Å². The normalized spacial score (nSPS) is 15.8. The Morgan fingerprint density at radius 1 is 0.864 bits per heavy atom. The van der Waals surface area contributed by atoms with Crippen LogP contribution in [0.3, 0.4) is 0 Å². The Hall–Kier alpha value is -4.62. The van der Waals surface area contributed by atoms with E-state index in [0.29, 0.717) is 11.8 Å². The summed E-state index contributed by atoms with van der Waals surface area (Å²) in [7, 11) is 0. The molecule has 3 aromatic carbocycles. The van der Waals surface area contributed by atoms with Gasteiger partial charge in [-0.1, -0.05) is 17.7 Å². The van der Waals surface area contributed by atoms with Crippen LogP contribution in [0.4, 0.5) is 24.5 Å². The molecule has 1 N–H and O–H groups in total. The maximum Gasteiger partial charge on any atom is 0.350 e. The minimum atomic E-state index is -2.04. The molecular formula is C30H28ClF3N8O2. The minimum Gasteiger partial charge on any atom is -0.381 e. The molecule has 1 aliphatic heterocycles. The highest BCUT2D eigenvalue weighted by Crippen LogP contribution is 2.36. The van der Waals surface area contributed by atoms with Gasteiger partial charge in [0.05, 0.1) is 23.3 Å². The highest BCUT2D eigenvalue weighted by molar-refractivity contribution is 6.31. The molecule has 1 fully saturated rings. The van der Waals surface area contributed by atoms with Crippen LogP contribution in [-0.2, 0) is 12.1 Å². The van der Waals surface area contributed by atoms with Crippen molar-refractivity contribution in [1.29, 1.82) is 0 Å². The van der Waals surface area contributed by atoms with Crippen LogP contribution in [0.2, 0.25) is 5.02 Å². The molecule has 44 heavy (non-hydrogen) atoms. The van der Waals surface area contributed by atoms with Gasteiger partial charge < -0.3 is 14.9 Å². The molecule has 0 unspecified atom stereocenters. The highest BCUT2D eigenvalue weighted by Gasteiger charge is 2.42. The first-order valence-electron chi connectivity index (χ1n) is 13.9. The molecule has 3 heterocycles. The number of piperazine rings is 1. The van der Waals surface area contributed by atoms with Crippen LogP contribution in [0.25, 0.3) is 5.69 Å². The lowest BCUT2D eigenvalue weighted by molar-refractivity contribution is -0.0381. The summed E-state index contributed by atoms with van der Waals surface area (Å²) in [5.41, 5.74) is -0.434. The molecule has 0 radical (unpaired) electrons.